The SMILES string of the molecule is C=CCNC(=O)C(=O)N1CCN(c2cccc(C)c2C)CC1. The van der Waals surface area contributed by atoms with Crippen LogP contribution in [0.15, 0.2) is 30.9 Å². The minimum Gasteiger partial charge on any atom is -0.368 e. The van der Waals surface area contributed by atoms with Crippen molar-refractivity contribution in [2.24, 2.45) is 0 Å². The lowest BCUT2D eigenvalue weighted by Crippen LogP contribution is -2.52. The number of hydrogen-bond donors (Lipinski definition) is 1. The summed E-state index contributed by atoms with van der Waals surface area (Å²) in [6.45, 7) is 10.7. The fraction of sp³-hybridized carbons (Fsp3) is 0.412. The molecule has 0 saturated carbocycles. The third kappa shape index (κ3) is 3.47. The van der Waals surface area contributed by atoms with Gasteiger partial charge in [-0.25, -0.2) is 0 Å². The first kappa shape index (κ1) is 16.1. The van der Waals surface area contributed by atoms with Gasteiger partial charge in [0.2, 0.25) is 0 Å². The Bertz CT molecular complexity index is 575. The molecule has 1 heterocycles. The number of aryl methyl sites for hydroxylation is 1. The molecule has 1 N–H and O–H groups in total. The van der Waals surface area contributed by atoms with E-state index in [0.29, 0.717) is 19.6 Å². The van der Waals surface area contributed by atoms with Crippen LogP contribution in [0.25, 0.3) is 0 Å². The first-order valence-corrected chi connectivity index (χ1v) is 7.53. The molecule has 2 amide bonds. The molecule has 0 atom stereocenters. The summed E-state index contributed by atoms with van der Waals surface area (Å²) in [7, 11) is 0. The van der Waals surface area contributed by atoms with Crippen molar-refractivity contribution in [3.63, 3.8) is 0 Å². The number of benzene rings is 1. The molecule has 22 heavy (non-hydrogen) atoms. The molecule has 0 radical (unpaired) electrons. The van der Waals surface area contributed by atoms with Crippen LogP contribution in [0, 0.1) is 13.8 Å². The molecule has 0 spiro atoms. The summed E-state index contributed by atoms with van der Waals surface area (Å²) >= 11 is 0. The van der Waals surface area contributed by atoms with Gasteiger partial charge < -0.3 is 15.1 Å². The predicted molar refractivity (Wildman–Crippen MR) is 87.9 cm³/mol. The smallest absolute Gasteiger partial charge is 0.312 e. The van der Waals surface area contributed by atoms with Crippen LogP contribution in [0.3, 0.4) is 0 Å². The van der Waals surface area contributed by atoms with Crippen molar-refractivity contribution in [2.75, 3.05) is 37.6 Å². The van der Waals surface area contributed by atoms with Gasteiger partial charge in [-0.05, 0) is 31.0 Å². The van der Waals surface area contributed by atoms with E-state index in [1.54, 1.807) is 11.0 Å². The summed E-state index contributed by atoms with van der Waals surface area (Å²) in [5, 5.41) is 2.53. The molecule has 0 bridgehead atoms. The highest BCUT2D eigenvalue weighted by Gasteiger charge is 2.26. The van der Waals surface area contributed by atoms with Gasteiger partial charge in [0.05, 0.1) is 0 Å². The molecule has 1 saturated heterocycles. The monoisotopic (exact) mass is 301 g/mol. The van der Waals surface area contributed by atoms with Crippen molar-refractivity contribution in [3.8, 4) is 0 Å². The maximum atomic E-state index is 12.0. The van der Waals surface area contributed by atoms with E-state index in [1.807, 2.05) is 0 Å². The van der Waals surface area contributed by atoms with Gasteiger partial charge in [-0.3, -0.25) is 9.59 Å². The van der Waals surface area contributed by atoms with Crippen LogP contribution in [-0.2, 0) is 9.59 Å². The summed E-state index contributed by atoms with van der Waals surface area (Å²) in [5.41, 5.74) is 3.74. The third-order valence-electron chi connectivity index (χ3n) is 4.08. The van der Waals surface area contributed by atoms with Crippen molar-refractivity contribution in [2.45, 2.75) is 13.8 Å². The second-order valence-corrected chi connectivity index (χ2v) is 5.50. The summed E-state index contributed by atoms with van der Waals surface area (Å²) in [6.07, 6.45) is 1.56. The number of nitrogens with zero attached hydrogens (tertiary/aromatic N) is 2. The maximum absolute atomic E-state index is 12.0. The Hall–Kier alpha value is -2.30. The molecular formula is C17H23N3O2. The van der Waals surface area contributed by atoms with E-state index >= 15 is 0 Å². The molecule has 0 aromatic heterocycles. The van der Waals surface area contributed by atoms with Crippen molar-refractivity contribution < 1.29 is 9.59 Å². The minimum absolute atomic E-state index is 0.313. The van der Waals surface area contributed by atoms with E-state index in [1.165, 1.54) is 16.8 Å². The largest absolute Gasteiger partial charge is 0.368 e. The summed E-state index contributed by atoms with van der Waals surface area (Å²) in [5.74, 6) is -1.01. The minimum atomic E-state index is -0.555. The quantitative estimate of drug-likeness (QED) is 0.675. The number of piperazine rings is 1. The van der Waals surface area contributed by atoms with Crippen LogP contribution in [0.1, 0.15) is 11.1 Å². The highest BCUT2D eigenvalue weighted by molar-refractivity contribution is 6.35. The molecule has 1 fully saturated rings. The Labute approximate surface area is 131 Å². The average Bonchev–Trinajstić information content (AvgIpc) is 2.54. The lowest BCUT2D eigenvalue weighted by Gasteiger charge is -2.36. The van der Waals surface area contributed by atoms with Gasteiger partial charge in [0.1, 0.15) is 0 Å². The molecule has 1 aromatic carbocycles. The molecule has 118 valence electrons. The molecule has 5 nitrogen and oxygen atoms in total. The van der Waals surface area contributed by atoms with E-state index in [4.69, 9.17) is 0 Å². The van der Waals surface area contributed by atoms with Crippen LogP contribution in [-0.4, -0.2) is 49.4 Å². The highest BCUT2D eigenvalue weighted by Crippen LogP contribution is 2.23. The summed E-state index contributed by atoms with van der Waals surface area (Å²) in [6, 6.07) is 6.26. The van der Waals surface area contributed by atoms with Crippen LogP contribution in [0.2, 0.25) is 0 Å². The number of amides is 2. The molecule has 2 rings (SSSR count). The lowest BCUT2D eigenvalue weighted by atomic mass is 10.1. The number of nitrogens with one attached hydrogen (secondary N) is 1. The molecule has 1 aliphatic heterocycles. The highest BCUT2D eigenvalue weighted by atomic mass is 16.2. The first-order valence-electron chi connectivity index (χ1n) is 7.53. The third-order valence-corrected chi connectivity index (χ3v) is 4.08. The van der Waals surface area contributed by atoms with E-state index in [-0.39, 0.29) is 0 Å². The van der Waals surface area contributed by atoms with Crippen molar-refractivity contribution in [3.05, 3.63) is 42.0 Å². The van der Waals surface area contributed by atoms with Gasteiger partial charge in [-0.2, -0.15) is 0 Å². The number of carbonyl (C=O) groups excluding carboxylic acids is 2. The number of anilines is 1. The van der Waals surface area contributed by atoms with Crippen molar-refractivity contribution in [1.29, 1.82) is 0 Å². The summed E-state index contributed by atoms with van der Waals surface area (Å²) < 4.78 is 0. The standard InChI is InChI=1S/C17H23N3O2/c1-4-8-18-16(21)17(22)20-11-9-19(10-12-20)15-7-5-6-13(2)14(15)3/h4-7H,1,8-12H2,2-3H3,(H,18,21). The van der Waals surface area contributed by atoms with E-state index < -0.39 is 11.8 Å². The zero-order valence-corrected chi connectivity index (χ0v) is 13.3. The zero-order chi connectivity index (χ0) is 16.1. The zero-order valence-electron chi connectivity index (χ0n) is 13.3. The molecule has 1 aliphatic rings. The van der Waals surface area contributed by atoms with Gasteiger partial charge in [0, 0.05) is 38.4 Å². The average molecular weight is 301 g/mol. The second-order valence-electron chi connectivity index (χ2n) is 5.50. The molecular weight excluding hydrogens is 278 g/mol. The van der Waals surface area contributed by atoms with Gasteiger partial charge in [0.25, 0.3) is 0 Å². The number of rotatable bonds is 3. The maximum Gasteiger partial charge on any atom is 0.312 e. The molecule has 0 aliphatic carbocycles. The van der Waals surface area contributed by atoms with Gasteiger partial charge in [-0.1, -0.05) is 18.2 Å². The second kappa shape index (κ2) is 7.11. The number of hydrogen-bond acceptors (Lipinski definition) is 3. The number of carbonyl (C=O) groups is 2. The Kier molecular flexibility index (Phi) is 5.20. The van der Waals surface area contributed by atoms with E-state index in [2.05, 4.69) is 48.8 Å². The molecule has 0 unspecified atom stereocenters. The Morgan fingerprint density at radius 1 is 1.23 bits per heavy atom. The van der Waals surface area contributed by atoms with Crippen LogP contribution < -0.4 is 10.2 Å². The van der Waals surface area contributed by atoms with Gasteiger partial charge in [-0.15, -0.1) is 6.58 Å². The van der Waals surface area contributed by atoms with Crippen molar-refractivity contribution in [1.82, 2.24) is 10.2 Å². The van der Waals surface area contributed by atoms with Gasteiger partial charge in [0.15, 0.2) is 0 Å². The first-order chi connectivity index (χ1) is 10.5. The van der Waals surface area contributed by atoms with Crippen LogP contribution >= 0.6 is 0 Å². The van der Waals surface area contributed by atoms with Gasteiger partial charge >= 0.3 is 11.8 Å². The van der Waals surface area contributed by atoms with E-state index in [9.17, 15) is 9.59 Å². The Morgan fingerprint density at radius 3 is 2.55 bits per heavy atom. The lowest BCUT2D eigenvalue weighted by molar-refractivity contribution is -0.145. The summed E-state index contributed by atoms with van der Waals surface area (Å²) in [4.78, 5) is 27.6. The molecule has 1 aromatic rings. The predicted octanol–water partition coefficient (Wildman–Crippen LogP) is 1.25. The fourth-order valence-electron chi connectivity index (χ4n) is 2.61. The van der Waals surface area contributed by atoms with E-state index in [0.717, 1.165) is 13.1 Å². The fourth-order valence-corrected chi connectivity index (χ4v) is 2.61. The Morgan fingerprint density at radius 2 is 1.91 bits per heavy atom. The topological polar surface area (TPSA) is 52.7 Å². The molecule has 5 heteroatoms. The normalized spacial score (nSPS) is 14.6. The Balaban J connectivity index is 1.95. The van der Waals surface area contributed by atoms with Crippen LogP contribution in [0.5, 0.6) is 0 Å². The van der Waals surface area contributed by atoms with Crippen molar-refractivity contribution >= 4 is 17.5 Å². The van der Waals surface area contributed by atoms with Crippen LogP contribution in [0.4, 0.5) is 5.69 Å².